The van der Waals surface area contributed by atoms with Crippen LogP contribution in [-0.4, -0.2) is 25.0 Å². The summed E-state index contributed by atoms with van der Waals surface area (Å²) in [6.07, 6.45) is 1.20. The Bertz CT molecular complexity index is 1130. The summed E-state index contributed by atoms with van der Waals surface area (Å²) in [4.78, 5) is 26.8. The van der Waals surface area contributed by atoms with Crippen molar-refractivity contribution in [3.05, 3.63) is 89.5 Å². The summed E-state index contributed by atoms with van der Waals surface area (Å²) in [5, 5.41) is 11.5. The van der Waals surface area contributed by atoms with Crippen molar-refractivity contribution >= 4 is 23.2 Å². The summed E-state index contributed by atoms with van der Waals surface area (Å²) in [5.41, 5.74) is 4.20. The molecule has 0 fully saturated rings. The first-order valence-electron chi connectivity index (χ1n) is 10.0. The summed E-state index contributed by atoms with van der Waals surface area (Å²) < 4.78 is 5.48. The average molecular weight is 411 g/mol. The second-order valence-electron chi connectivity index (χ2n) is 7.23. The lowest BCUT2D eigenvalue weighted by Gasteiger charge is -2.17. The molecule has 2 amide bonds. The maximum atomic E-state index is 12.9. The number of carbonyl (C=O) groups is 2. The molecule has 0 bridgehead atoms. The van der Waals surface area contributed by atoms with Gasteiger partial charge in [-0.25, -0.2) is 0 Å². The van der Waals surface area contributed by atoms with E-state index in [0.29, 0.717) is 30.0 Å². The number of hydrogen-bond donors (Lipinski definition) is 1. The van der Waals surface area contributed by atoms with E-state index in [1.54, 1.807) is 53.4 Å². The van der Waals surface area contributed by atoms with E-state index in [2.05, 4.69) is 11.4 Å². The molecular formula is C25H21N3O3. The van der Waals surface area contributed by atoms with E-state index in [0.717, 1.165) is 17.7 Å². The third-order valence-corrected chi connectivity index (χ3v) is 5.12. The van der Waals surface area contributed by atoms with Crippen LogP contribution in [0.1, 0.15) is 21.5 Å². The van der Waals surface area contributed by atoms with Crippen LogP contribution in [0.4, 0.5) is 11.4 Å². The smallest absolute Gasteiger partial charge is 0.262 e. The van der Waals surface area contributed by atoms with E-state index >= 15 is 0 Å². The summed E-state index contributed by atoms with van der Waals surface area (Å²) in [6.45, 7) is 0.536. The third kappa shape index (κ3) is 4.73. The largest absolute Gasteiger partial charge is 0.484 e. The minimum absolute atomic E-state index is 0.0500. The second kappa shape index (κ2) is 9.14. The monoisotopic (exact) mass is 411 g/mol. The standard InChI is InChI=1S/C25H21N3O3/c26-15-13-18-5-11-22(12-6-18)31-17-24(29)27-21-9-7-20(8-10-21)25(30)28-16-14-19-3-1-2-4-23(19)28/h1-12H,13-14,16-17H2,(H,27,29). The van der Waals surface area contributed by atoms with Gasteiger partial charge in [-0.05, 0) is 60.0 Å². The Balaban J connectivity index is 1.32. The molecule has 0 unspecified atom stereocenters. The lowest BCUT2D eigenvalue weighted by Crippen LogP contribution is -2.28. The molecule has 0 aliphatic carbocycles. The van der Waals surface area contributed by atoms with Crippen molar-refractivity contribution in [2.24, 2.45) is 0 Å². The molecule has 0 radical (unpaired) electrons. The maximum Gasteiger partial charge on any atom is 0.262 e. The SMILES string of the molecule is N#CCc1ccc(OCC(=O)Nc2ccc(C(=O)N3CCc4ccccc43)cc2)cc1. The van der Waals surface area contributed by atoms with Crippen LogP contribution in [0.25, 0.3) is 0 Å². The van der Waals surface area contributed by atoms with Crippen molar-refractivity contribution < 1.29 is 14.3 Å². The third-order valence-electron chi connectivity index (χ3n) is 5.12. The molecule has 0 saturated carbocycles. The summed E-state index contributed by atoms with van der Waals surface area (Å²) >= 11 is 0. The molecule has 1 heterocycles. The number of rotatable bonds is 6. The first kappa shape index (κ1) is 20.2. The maximum absolute atomic E-state index is 12.9. The Morgan fingerprint density at radius 2 is 1.74 bits per heavy atom. The number of ether oxygens (including phenoxy) is 1. The van der Waals surface area contributed by atoms with Gasteiger partial charge in [0.15, 0.2) is 6.61 Å². The summed E-state index contributed by atoms with van der Waals surface area (Å²) in [6, 6.07) is 23.9. The normalized spacial score (nSPS) is 12.0. The van der Waals surface area contributed by atoms with E-state index in [9.17, 15) is 9.59 Å². The highest BCUT2D eigenvalue weighted by Crippen LogP contribution is 2.29. The first-order chi connectivity index (χ1) is 15.1. The molecule has 0 atom stereocenters. The van der Waals surface area contributed by atoms with Gasteiger partial charge >= 0.3 is 0 Å². The predicted molar refractivity (Wildman–Crippen MR) is 118 cm³/mol. The molecule has 1 N–H and O–H groups in total. The van der Waals surface area contributed by atoms with Gasteiger partial charge in [-0.1, -0.05) is 30.3 Å². The molecule has 6 nitrogen and oxygen atoms in total. The highest BCUT2D eigenvalue weighted by atomic mass is 16.5. The van der Waals surface area contributed by atoms with Crippen molar-refractivity contribution in [2.45, 2.75) is 12.8 Å². The zero-order valence-electron chi connectivity index (χ0n) is 16.9. The van der Waals surface area contributed by atoms with Gasteiger partial charge in [0.25, 0.3) is 11.8 Å². The van der Waals surface area contributed by atoms with Crippen LogP contribution in [0, 0.1) is 11.3 Å². The highest BCUT2D eigenvalue weighted by Gasteiger charge is 2.24. The number of benzene rings is 3. The van der Waals surface area contributed by atoms with Gasteiger partial charge in [-0.3, -0.25) is 9.59 Å². The Kier molecular flexibility index (Phi) is 5.95. The lowest BCUT2D eigenvalue weighted by atomic mass is 10.1. The average Bonchev–Trinajstić information content (AvgIpc) is 3.23. The van der Waals surface area contributed by atoms with Gasteiger partial charge in [-0.15, -0.1) is 0 Å². The fraction of sp³-hybridized carbons (Fsp3) is 0.160. The fourth-order valence-electron chi connectivity index (χ4n) is 3.54. The van der Waals surface area contributed by atoms with Crippen LogP contribution in [0.2, 0.25) is 0 Å². The summed E-state index contributed by atoms with van der Waals surface area (Å²) in [5.74, 6) is 0.211. The molecule has 1 aliphatic heterocycles. The number of nitriles is 1. The topological polar surface area (TPSA) is 82.4 Å². The van der Waals surface area contributed by atoms with Crippen LogP contribution < -0.4 is 15.0 Å². The highest BCUT2D eigenvalue weighted by molar-refractivity contribution is 6.07. The number of nitrogens with zero attached hydrogens (tertiary/aromatic N) is 2. The number of carbonyl (C=O) groups excluding carboxylic acids is 2. The molecule has 0 spiro atoms. The number of amides is 2. The van der Waals surface area contributed by atoms with Crippen molar-refractivity contribution in [3.8, 4) is 11.8 Å². The predicted octanol–water partition coefficient (Wildman–Crippen LogP) is 3.97. The van der Waals surface area contributed by atoms with E-state index < -0.39 is 0 Å². The zero-order valence-corrected chi connectivity index (χ0v) is 16.9. The Hall–Kier alpha value is -4.11. The number of nitrogens with one attached hydrogen (secondary N) is 1. The first-order valence-corrected chi connectivity index (χ1v) is 10.0. The Morgan fingerprint density at radius 3 is 2.48 bits per heavy atom. The number of fused-ring (bicyclic) bond motifs is 1. The number of anilines is 2. The molecule has 1 aliphatic rings. The van der Waals surface area contributed by atoms with Crippen molar-refractivity contribution in [2.75, 3.05) is 23.4 Å². The molecule has 6 heteroatoms. The van der Waals surface area contributed by atoms with E-state index in [-0.39, 0.29) is 18.4 Å². The molecule has 3 aromatic carbocycles. The zero-order chi connectivity index (χ0) is 21.6. The summed E-state index contributed by atoms with van der Waals surface area (Å²) in [7, 11) is 0. The van der Waals surface area contributed by atoms with Crippen LogP contribution in [0.5, 0.6) is 5.75 Å². The molecule has 3 aromatic rings. The van der Waals surface area contributed by atoms with Crippen molar-refractivity contribution in [1.29, 1.82) is 5.26 Å². The fourth-order valence-corrected chi connectivity index (χ4v) is 3.54. The van der Waals surface area contributed by atoms with Crippen molar-refractivity contribution in [1.82, 2.24) is 0 Å². The molecule has 0 saturated heterocycles. The minimum atomic E-state index is -0.298. The Morgan fingerprint density at radius 1 is 1.00 bits per heavy atom. The second-order valence-corrected chi connectivity index (χ2v) is 7.23. The van der Waals surface area contributed by atoms with Crippen LogP contribution in [-0.2, 0) is 17.6 Å². The van der Waals surface area contributed by atoms with E-state index in [1.165, 1.54) is 5.56 Å². The minimum Gasteiger partial charge on any atom is -0.484 e. The number of para-hydroxylation sites is 1. The number of hydrogen-bond acceptors (Lipinski definition) is 4. The molecule has 154 valence electrons. The molecule has 0 aromatic heterocycles. The molecule has 31 heavy (non-hydrogen) atoms. The van der Waals surface area contributed by atoms with Gasteiger partial charge in [0.1, 0.15) is 5.75 Å². The van der Waals surface area contributed by atoms with Gasteiger partial charge < -0.3 is 15.0 Å². The quantitative estimate of drug-likeness (QED) is 0.665. The van der Waals surface area contributed by atoms with Crippen LogP contribution in [0.3, 0.4) is 0 Å². The lowest BCUT2D eigenvalue weighted by molar-refractivity contribution is -0.118. The Labute approximate surface area is 180 Å². The molecular weight excluding hydrogens is 390 g/mol. The van der Waals surface area contributed by atoms with Gasteiger partial charge in [0, 0.05) is 23.5 Å². The van der Waals surface area contributed by atoms with E-state index in [1.807, 2.05) is 24.3 Å². The van der Waals surface area contributed by atoms with Crippen LogP contribution in [0.15, 0.2) is 72.8 Å². The van der Waals surface area contributed by atoms with E-state index in [4.69, 9.17) is 10.00 Å². The van der Waals surface area contributed by atoms with Gasteiger partial charge in [0.2, 0.25) is 0 Å². The van der Waals surface area contributed by atoms with Gasteiger partial charge in [0.05, 0.1) is 12.5 Å². The van der Waals surface area contributed by atoms with Crippen molar-refractivity contribution in [3.63, 3.8) is 0 Å². The van der Waals surface area contributed by atoms with Crippen LogP contribution >= 0.6 is 0 Å². The molecule has 4 rings (SSSR count). The van der Waals surface area contributed by atoms with Gasteiger partial charge in [-0.2, -0.15) is 5.26 Å².